The maximum atomic E-state index is 12.4. The Bertz CT molecular complexity index is 899. The molecule has 0 aliphatic carbocycles. The normalized spacial score (nSPS) is 12.7. The van der Waals surface area contributed by atoms with Crippen molar-refractivity contribution in [2.75, 3.05) is 25.0 Å². The lowest BCUT2D eigenvalue weighted by Crippen LogP contribution is -2.35. The fourth-order valence-electron chi connectivity index (χ4n) is 2.88. The van der Waals surface area contributed by atoms with Gasteiger partial charge in [-0.25, -0.2) is 4.79 Å². The van der Waals surface area contributed by atoms with E-state index in [9.17, 15) is 14.4 Å². The Hall–Kier alpha value is -2.87. The van der Waals surface area contributed by atoms with Gasteiger partial charge < -0.3 is 15.4 Å². The van der Waals surface area contributed by atoms with Crippen LogP contribution in [0.4, 0.5) is 10.5 Å². The number of urea groups is 1. The van der Waals surface area contributed by atoms with Crippen LogP contribution in [0.1, 0.15) is 34.1 Å². The van der Waals surface area contributed by atoms with Gasteiger partial charge in [0.05, 0.1) is 17.7 Å². The molecule has 1 aliphatic heterocycles. The highest BCUT2D eigenvalue weighted by Crippen LogP contribution is 2.26. The van der Waals surface area contributed by atoms with Crippen molar-refractivity contribution in [2.24, 2.45) is 0 Å². The van der Waals surface area contributed by atoms with E-state index >= 15 is 0 Å². The predicted molar refractivity (Wildman–Crippen MR) is 109 cm³/mol. The molecular formula is C20H20BrN3O4. The number of hydrogen-bond acceptors (Lipinski definition) is 4. The monoisotopic (exact) mass is 445 g/mol. The van der Waals surface area contributed by atoms with Gasteiger partial charge in [-0.2, -0.15) is 0 Å². The third-order valence-electron chi connectivity index (χ3n) is 4.20. The maximum Gasteiger partial charge on any atom is 0.319 e. The second-order valence-corrected chi connectivity index (χ2v) is 7.06. The van der Waals surface area contributed by atoms with Gasteiger partial charge >= 0.3 is 6.03 Å². The number of nitrogens with zero attached hydrogens (tertiary/aromatic N) is 1. The van der Waals surface area contributed by atoms with Gasteiger partial charge in [0.25, 0.3) is 11.8 Å². The van der Waals surface area contributed by atoms with E-state index in [2.05, 4.69) is 26.6 Å². The first-order valence-electron chi connectivity index (χ1n) is 8.93. The predicted octanol–water partition coefficient (Wildman–Crippen LogP) is 3.66. The Morgan fingerprint density at radius 1 is 1.07 bits per heavy atom. The Morgan fingerprint density at radius 3 is 2.50 bits per heavy atom. The maximum absolute atomic E-state index is 12.4. The molecule has 0 saturated heterocycles. The molecule has 1 heterocycles. The lowest BCUT2D eigenvalue weighted by atomic mass is 10.1. The highest BCUT2D eigenvalue weighted by molar-refractivity contribution is 9.10. The van der Waals surface area contributed by atoms with Crippen molar-refractivity contribution in [3.63, 3.8) is 0 Å². The number of imide groups is 1. The van der Waals surface area contributed by atoms with E-state index < -0.39 is 0 Å². The van der Waals surface area contributed by atoms with Crippen LogP contribution < -0.4 is 15.4 Å². The first kappa shape index (κ1) is 19.9. The van der Waals surface area contributed by atoms with Crippen molar-refractivity contribution < 1.29 is 19.1 Å². The molecule has 4 amide bonds. The van der Waals surface area contributed by atoms with Gasteiger partial charge in [-0.05, 0) is 55.8 Å². The van der Waals surface area contributed by atoms with Crippen LogP contribution in [0.25, 0.3) is 0 Å². The molecule has 2 aromatic rings. The SMILES string of the molecule is CCOc1ccc(NC(=O)NCCCN2C(=O)c3ccc(Br)cc3C2=O)cc1. The molecule has 0 atom stereocenters. The van der Waals surface area contributed by atoms with Gasteiger partial charge in [0.1, 0.15) is 5.75 Å². The Kier molecular flexibility index (Phi) is 6.30. The quantitative estimate of drug-likeness (QED) is 0.502. The fourth-order valence-corrected chi connectivity index (χ4v) is 3.24. The van der Waals surface area contributed by atoms with Crippen LogP contribution in [0.15, 0.2) is 46.9 Å². The van der Waals surface area contributed by atoms with Gasteiger partial charge in [0.15, 0.2) is 0 Å². The van der Waals surface area contributed by atoms with Crippen LogP contribution in [-0.4, -0.2) is 42.4 Å². The van der Waals surface area contributed by atoms with Crippen LogP contribution in [0.5, 0.6) is 5.75 Å². The number of ether oxygens (including phenoxy) is 1. The van der Waals surface area contributed by atoms with Crippen molar-refractivity contribution in [2.45, 2.75) is 13.3 Å². The average molecular weight is 446 g/mol. The lowest BCUT2D eigenvalue weighted by Gasteiger charge is -2.14. The molecular weight excluding hydrogens is 426 g/mol. The van der Waals surface area contributed by atoms with Gasteiger partial charge in [-0.1, -0.05) is 15.9 Å². The number of carbonyl (C=O) groups is 3. The zero-order valence-electron chi connectivity index (χ0n) is 15.3. The summed E-state index contributed by atoms with van der Waals surface area (Å²) in [5.41, 5.74) is 1.46. The molecule has 0 aromatic heterocycles. The van der Waals surface area contributed by atoms with Crippen molar-refractivity contribution in [1.82, 2.24) is 10.2 Å². The summed E-state index contributed by atoms with van der Waals surface area (Å²) in [5.74, 6) is 0.132. The summed E-state index contributed by atoms with van der Waals surface area (Å²) in [5, 5.41) is 5.44. The molecule has 0 fully saturated rings. The third kappa shape index (κ3) is 4.51. The number of carbonyl (C=O) groups excluding carboxylic acids is 3. The minimum atomic E-state index is -0.351. The van der Waals surface area contributed by atoms with Crippen molar-refractivity contribution in [3.8, 4) is 5.75 Å². The Morgan fingerprint density at radius 2 is 1.79 bits per heavy atom. The third-order valence-corrected chi connectivity index (χ3v) is 4.69. The topological polar surface area (TPSA) is 87.7 Å². The molecule has 28 heavy (non-hydrogen) atoms. The number of amides is 4. The molecule has 0 radical (unpaired) electrons. The zero-order valence-corrected chi connectivity index (χ0v) is 16.9. The number of halogens is 1. The molecule has 0 saturated carbocycles. The number of rotatable bonds is 7. The first-order valence-corrected chi connectivity index (χ1v) is 9.72. The van der Waals surface area contributed by atoms with E-state index in [1.165, 1.54) is 4.90 Å². The molecule has 2 aromatic carbocycles. The number of hydrogen-bond donors (Lipinski definition) is 2. The van der Waals surface area contributed by atoms with E-state index in [1.54, 1.807) is 42.5 Å². The van der Waals surface area contributed by atoms with Crippen LogP contribution >= 0.6 is 15.9 Å². The summed E-state index contributed by atoms with van der Waals surface area (Å²) < 4.78 is 6.10. The molecule has 0 bridgehead atoms. The summed E-state index contributed by atoms with van der Waals surface area (Å²) in [7, 11) is 0. The second-order valence-electron chi connectivity index (χ2n) is 6.14. The van der Waals surface area contributed by atoms with Gasteiger partial charge in [0.2, 0.25) is 0 Å². The number of fused-ring (bicyclic) bond motifs is 1. The van der Waals surface area contributed by atoms with E-state index in [0.717, 1.165) is 10.2 Å². The molecule has 146 valence electrons. The summed E-state index contributed by atoms with van der Waals surface area (Å²) in [6.07, 6.45) is 0.462. The number of anilines is 1. The number of benzene rings is 2. The van der Waals surface area contributed by atoms with Crippen LogP contribution in [0.3, 0.4) is 0 Å². The van der Waals surface area contributed by atoms with Crippen molar-refractivity contribution in [3.05, 3.63) is 58.1 Å². The van der Waals surface area contributed by atoms with E-state index in [0.29, 0.717) is 36.4 Å². The largest absolute Gasteiger partial charge is 0.494 e. The lowest BCUT2D eigenvalue weighted by molar-refractivity contribution is 0.0653. The van der Waals surface area contributed by atoms with E-state index in [4.69, 9.17) is 4.74 Å². The van der Waals surface area contributed by atoms with Gasteiger partial charge in [-0.3, -0.25) is 14.5 Å². The van der Waals surface area contributed by atoms with Crippen LogP contribution in [0, 0.1) is 0 Å². The zero-order chi connectivity index (χ0) is 20.1. The standard InChI is InChI=1S/C20H20BrN3O4/c1-2-28-15-7-5-14(6-8-15)23-20(27)22-10-3-11-24-18(25)16-9-4-13(21)12-17(16)19(24)26/h4-9,12H,2-3,10-11H2,1H3,(H2,22,23,27). The Balaban J connectivity index is 1.44. The fraction of sp³-hybridized carbons (Fsp3) is 0.250. The van der Waals surface area contributed by atoms with Crippen molar-refractivity contribution >= 4 is 39.5 Å². The van der Waals surface area contributed by atoms with Gasteiger partial charge in [-0.15, -0.1) is 0 Å². The first-order chi connectivity index (χ1) is 13.5. The van der Waals surface area contributed by atoms with Crippen molar-refractivity contribution in [1.29, 1.82) is 0 Å². The minimum absolute atomic E-state index is 0.243. The molecule has 8 heteroatoms. The molecule has 0 spiro atoms. The van der Waals surface area contributed by atoms with E-state index in [1.807, 2.05) is 6.92 Å². The summed E-state index contributed by atoms with van der Waals surface area (Å²) in [6, 6.07) is 11.7. The smallest absolute Gasteiger partial charge is 0.319 e. The summed E-state index contributed by atoms with van der Waals surface area (Å²) >= 11 is 3.31. The minimum Gasteiger partial charge on any atom is -0.494 e. The van der Waals surface area contributed by atoms with Crippen LogP contribution in [0.2, 0.25) is 0 Å². The molecule has 1 aliphatic rings. The molecule has 0 unspecified atom stereocenters. The highest BCUT2D eigenvalue weighted by Gasteiger charge is 2.34. The van der Waals surface area contributed by atoms with Gasteiger partial charge in [0, 0.05) is 23.2 Å². The summed E-state index contributed by atoms with van der Waals surface area (Å²) in [6.45, 7) is 3.06. The number of nitrogens with one attached hydrogen (secondary N) is 2. The molecule has 2 N–H and O–H groups in total. The van der Waals surface area contributed by atoms with Crippen LogP contribution in [-0.2, 0) is 0 Å². The Labute approximate surface area is 171 Å². The average Bonchev–Trinajstić information content (AvgIpc) is 2.91. The molecule has 7 nitrogen and oxygen atoms in total. The second kappa shape index (κ2) is 8.88. The molecule has 3 rings (SSSR count). The summed E-state index contributed by atoms with van der Waals surface area (Å²) in [4.78, 5) is 37.9. The van der Waals surface area contributed by atoms with E-state index in [-0.39, 0.29) is 24.4 Å². The highest BCUT2D eigenvalue weighted by atomic mass is 79.9.